The number of aliphatic hydroxyl groups is 1. The van der Waals surface area contributed by atoms with Gasteiger partial charge in [0.15, 0.2) is 11.5 Å². The minimum atomic E-state index is -0.147. The number of fused-ring (bicyclic) bond motifs is 1. The summed E-state index contributed by atoms with van der Waals surface area (Å²) >= 11 is 0. The highest BCUT2D eigenvalue weighted by Crippen LogP contribution is 2.34. The monoisotopic (exact) mass is 353 g/mol. The Balaban J connectivity index is 1.89. The summed E-state index contributed by atoms with van der Waals surface area (Å²) in [6, 6.07) is 8.85. The Morgan fingerprint density at radius 1 is 1.04 bits per heavy atom. The number of benzene rings is 2. The van der Waals surface area contributed by atoms with Gasteiger partial charge in [0.25, 0.3) is 0 Å². The highest BCUT2D eigenvalue weighted by molar-refractivity contribution is 6.46. The zero-order valence-electron chi connectivity index (χ0n) is 14.5. The molecule has 26 heavy (non-hydrogen) atoms. The largest absolute Gasteiger partial charge is 0.493 e. The van der Waals surface area contributed by atoms with Gasteiger partial charge in [0.2, 0.25) is 5.88 Å². The molecule has 0 saturated carbocycles. The Hall–Kier alpha value is -2.84. The molecule has 1 heterocycles. The molecule has 0 fully saturated rings. The second kappa shape index (κ2) is 8.03. The number of rotatable bonds is 7. The van der Waals surface area contributed by atoms with Crippen LogP contribution in [-0.2, 0) is 13.2 Å². The lowest BCUT2D eigenvalue weighted by atomic mass is 9.83. The molecule has 8 heteroatoms. The van der Waals surface area contributed by atoms with Crippen LogP contribution in [-0.4, -0.2) is 41.8 Å². The van der Waals surface area contributed by atoms with Gasteiger partial charge in [0.05, 0.1) is 31.7 Å². The molecule has 2 N–H and O–H groups in total. The maximum Gasteiger partial charge on any atom is 0.327 e. The van der Waals surface area contributed by atoms with E-state index in [9.17, 15) is 10.1 Å². The molecule has 1 aromatic heterocycles. The van der Waals surface area contributed by atoms with Crippen molar-refractivity contribution < 1.29 is 24.3 Å². The van der Waals surface area contributed by atoms with E-state index in [1.165, 1.54) is 6.33 Å². The second-order valence-corrected chi connectivity index (χ2v) is 5.51. The van der Waals surface area contributed by atoms with E-state index < -0.39 is 0 Å². The number of aliphatic hydroxyl groups excluding tert-OH is 1. The molecule has 0 unspecified atom stereocenters. The molecule has 0 aliphatic carbocycles. The first-order chi connectivity index (χ1) is 12.7. The number of hydrogen-bond acceptors (Lipinski definition) is 7. The van der Waals surface area contributed by atoms with E-state index in [0.717, 1.165) is 13.0 Å². The highest BCUT2D eigenvalue weighted by atomic mass is 16.5. The number of ether oxygens (including phenoxy) is 3. The van der Waals surface area contributed by atoms with Crippen molar-refractivity contribution in [1.29, 1.82) is 0 Å². The first-order valence-electron chi connectivity index (χ1n) is 7.89. The van der Waals surface area contributed by atoms with Crippen LogP contribution >= 0.6 is 0 Å². The Labute approximate surface area is 151 Å². The first kappa shape index (κ1) is 18.0. The topological polar surface area (TPSA) is 93.9 Å². The van der Waals surface area contributed by atoms with Gasteiger partial charge in [0, 0.05) is 6.07 Å². The van der Waals surface area contributed by atoms with E-state index in [1.54, 1.807) is 38.5 Å². The summed E-state index contributed by atoms with van der Waals surface area (Å²) in [5.41, 5.74) is 2.69. The van der Waals surface area contributed by atoms with Gasteiger partial charge >= 0.3 is 7.48 Å². The fourth-order valence-electron chi connectivity index (χ4n) is 2.62. The first-order valence-corrected chi connectivity index (χ1v) is 7.89. The summed E-state index contributed by atoms with van der Waals surface area (Å²) in [5, 5.41) is 19.2. The third kappa shape index (κ3) is 3.56. The molecule has 0 aliphatic heterocycles. The van der Waals surface area contributed by atoms with Crippen LogP contribution in [0, 0.1) is 0 Å². The Morgan fingerprint density at radius 3 is 2.50 bits per heavy atom. The molecule has 133 valence electrons. The standard InChI is InChI=1S/C18H18BN2O5/c1-24-16-6-13-15(7-17(16)25-2)20-10-21-18(13)26-9-11-3-4-12(8-22)14(5-11)19-23/h3-7,10,22-23H,8-9H2,1-2H3. The molecule has 0 spiro atoms. The summed E-state index contributed by atoms with van der Waals surface area (Å²) in [4.78, 5) is 8.44. The summed E-state index contributed by atoms with van der Waals surface area (Å²) in [6.07, 6.45) is 1.42. The smallest absolute Gasteiger partial charge is 0.327 e. The van der Waals surface area contributed by atoms with Crippen molar-refractivity contribution in [3.8, 4) is 17.4 Å². The minimum absolute atomic E-state index is 0.147. The number of hydrogen-bond donors (Lipinski definition) is 2. The summed E-state index contributed by atoms with van der Waals surface area (Å²) in [7, 11) is 4.09. The molecule has 0 amide bonds. The third-order valence-corrected chi connectivity index (χ3v) is 4.00. The zero-order valence-corrected chi connectivity index (χ0v) is 14.5. The summed E-state index contributed by atoms with van der Waals surface area (Å²) in [6.45, 7) is 0.0959. The maximum absolute atomic E-state index is 9.28. The van der Waals surface area contributed by atoms with E-state index in [0.29, 0.717) is 39.3 Å². The molecule has 0 bridgehead atoms. The number of methoxy groups -OCH3 is 2. The van der Waals surface area contributed by atoms with Gasteiger partial charge in [-0.25, -0.2) is 9.97 Å². The van der Waals surface area contributed by atoms with Crippen LogP contribution in [0.5, 0.6) is 17.4 Å². The quantitative estimate of drug-likeness (QED) is 0.611. The molecule has 3 aromatic rings. The molecule has 0 saturated heterocycles. The number of nitrogens with zero attached hydrogens (tertiary/aromatic N) is 2. The molecule has 0 aliphatic rings. The van der Waals surface area contributed by atoms with Crippen LogP contribution in [0.25, 0.3) is 10.9 Å². The summed E-state index contributed by atoms with van der Waals surface area (Å²) < 4.78 is 16.5. The van der Waals surface area contributed by atoms with Crippen molar-refractivity contribution in [2.45, 2.75) is 13.2 Å². The molecule has 7 nitrogen and oxygen atoms in total. The molecular formula is C18H18BN2O5. The van der Waals surface area contributed by atoms with Crippen molar-refractivity contribution in [2.24, 2.45) is 0 Å². The van der Waals surface area contributed by atoms with Crippen molar-refractivity contribution >= 4 is 23.8 Å². The SMILES string of the molecule is COc1cc2ncnc(OCc3ccc(CO)c([B]O)c3)c2cc1OC. The van der Waals surface area contributed by atoms with Gasteiger partial charge in [-0.15, -0.1) is 0 Å². The third-order valence-electron chi connectivity index (χ3n) is 4.00. The molecule has 1 radical (unpaired) electrons. The Morgan fingerprint density at radius 2 is 1.81 bits per heavy atom. The van der Waals surface area contributed by atoms with E-state index in [-0.39, 0.29) is 13.2 Å². The van der Waals surface area contributed by atoms with E-state index in [2.05, 4.69) is 9.97 Å². The van der Waals surface area contributed by atoms with Crippen molar-refractivity contribution in [3.63, 3.8) is 0 Å². The van der Waals surface area contributed by atoms with Crippen LogP contribution in [0.1, 0.15) is 11.1 Å². The average Bonchev–Trinajstić information content (AvgIpc) is 2.70. The fraction of sp³-hybridized carbons (Fsp3) is 0.222. The van der Waals surface area contributed by atoms with Crippen LogP contribution in [0.15, 0.2) is 36.7 Å². The minimum Gasteiger partial charge on any atom is -0.493 e. The zero-order chi connectivity index (χ0) is 18.5. The van der Waals surface area contributed by atoms with Gasteiger partial charge in [-0.2, -0.15) is 0 Å². The summed E-state index contributed by atoms with van der Waals surface area (Å²) in [5.74, 6) is 1.55. The lowest BCUT2D eigenvalue weighted by Crippen LogP contribution is -2.20. The maximum atomic E-state index is 9.28. The van der Waals surface area contributed by atoms with Crippen LogP contribution in [0.3, 0.4) is 0 Å². The second-order valence-electron chi connectivity index (χ2n) is 5.51. The van der Waals surface area contributed by atoms with E-state index in [1.807, 2.05) is 6.07 Å². The predicted molar refractivity (Wildman–Crippen MR) is 96.9 cm³/mol. The van der Waals surface area contributed by atoms with Gasteiger partial charge in [-0.3, -0.25) is 0 Å². The van der Waals surface area contributed by atoms with Gasteiger partial charge in [-0.05, 0) is 22.7 Å². The molecule has 3 rings (SSSR count). The average molecular weight is 353 g/mol. The normalized spacial score (nSPS) is 10.6. The van der Waals surface area contributed by atoms with Crippen LogP contribution in [0.4, 0.5) is 0 Å². The van der Waals surface area contributed by atoms with Crippen molar-refractivity contribution in [1.82, 2.24) is 9.97 Å². The predicted octanol–water partition coefficient (Wildman–Crippen LogP) is 0.955. The van der Waals surface area contributed by atoms with Gasteiger partial charge < -0.3 is 24.3 Å². The number of aromatic nitrogens is 2. The van der Waals surface area contributed by atoms with Gasteiger partial charge in [0.1, 0.15) is 12.9 Å². The lowest BCUT2D eigenvalue weighted by Gasteiger charge is -2.12. The van der Waals surface area contributed by atoms with Crippen LogP contribution in [0.2, 0.25) is 0 Å². The van der Waals surface area contributed by atoms with Crippen molar-refractivity contribution in [2.75, 3.05) is 14.2 Å². The van der Waals surface area contributed by atoms with Gasteiger partial charge in [-0.1, -0.05) is 18.2 Å². The fourth-order valence-corrected chi connectivity index (χ4v) is 2.62. The van der Waals surface area contributed by atoms with Crippen LogP contribution < -0.4 is 19.7 Å². The highest BCUT2D eigenvalue weighted by Gasteiger charge is 2.12. The molecule has 2 aromatic carbocycles. The Kier molecular flexibility index (Phi) is 5.55. The molecule has 0 atom stereocenters. The lowest BCUT2D eigenvalue weighted by molar-refractivity contribution is 0.282. The van der Waals surface area contributed by atoms with E-state index in [4.69, 9.17) is 14.2 Å². The van der Waals surface area contributed by atoms with Crippen molar-refractivity contribution in [3.05, 3.63) is 47.8 Å². The Bertz CT molecular complexity index is 919. The molecular weight excluding hydrogens is 335 g/mol. The van der Waals surface area contributed by atoms with E-state index >= 15 is 0 Å².